The molecular weight excluding hydrogens is 195 g/mol. The maximum atomic E-state index is 12.6. The first-order chi connectivity index (χ1) is 7.25. The van der Waals surface area contributed by atoms with Crippen LogP contribution < -0.4 is 0 Å². The Morgan fingerprint density at radius 3 is 2.40 bits per heavy atom. The Kier molecular flexibility index (Phi) is 2.99. The number of hydrogen-bond acceptors (Lipinski definition) is 2. The van der Waals surface area contributed by atoms with Gasteiger partial charge in [0.25, 0.3) is 0 Å². The highest BCUT2D eigenvalue weighted by atomic mass is 19.1. The van der Waals surface area contributed by atoms with E-state index in [4.69, 9.17) is 4.74 Å². The average Bonchev–Trinajstić information content (AvgIpc) is 2.71. The second-order valence-electron chi connectivity index (χ2n) is 3.82. The topological polar surface area (TPSA) is 26.3 Å². The van der Waals surface area contributed by atoms with Gasteiger partial charge >= 0.3 is 5.97 Å². The van der Waals surface area contributed by atoms with Gasteiger partial charge in [0.2, 0.25) is 0 Å². The fourth-order valence-electron chi connectivity index (χ4n) is 1.81. The SMILES string of the molecule is O=C(OC1CCCC1)c1ccc(F)cc1. The number of rotatable bonds is 2. The molecule has 0 aliphatic heterocycles. The highest BCUT2D eigenvalue weighted by molar-refractivity contribution is 5.89. The van der Waals surface area contributed by atoms with Gasteiger partial charge in [-0.15, -0.1) is 0 Å². The molecule has 2 rings (SSSR count). The minimum atomic E-state index is -0.345. The standard InChI is InChI=1S/C12H13FO2/c13-10-7-5-9(6-8-10)12(14)15-11-3-1-2-4-11/h5-8,11H,1-4H2. The molecule has 0 heterocycles. The van der Waals surface area contributed by atoms with E-state index in [9.17, 15) is 9.18 Å². The Labute approximate surface area is 88.1 Å². The zero-order chi connectivity index (χ0) is 10.7. The molecule has 0 radical (unpaired) electrons. The Morgan fingerprint density at radius 1 is 1.20 bits per heavy atom. The van der Waals surface area contributed by atoms with Crippen molar-refractivity contribution < 1.29 is 13.9 Å². The third-order valence-corrected chi connectivity index (χ3v) is 2.66. The van der Waals surface area contributed by atoms with Gasteiger partial charge in [0.1, 0.15) is 11.9 Å². The van der Waals surface area contributed by atoms with Gasteiger partial charge in [0, 0.05) is 0 Å². The molecule has 1 aromatic rings. The molecular formula is C12H13FO2. The van der Waals surface area contributed by atoms with Crippen molar-refractivity contribution in [2.75, 3.05) is 0 Å². The molecule has 0 bridgehead atoms. The van der Waals surface area contributed by atoms with E-state index in [-0.39, 0.29) is 17.9 Å². The van der Waals surface area contributed by atoms with Crippen LogP contribution in [0.1, 0.15) is 36.0 Å². The second kappa shape index (κ2) is 4.43. The monoisotopic (exact) mass is 208 g/mol. The number of ether oxygens (including phenoxy) is 1. The van der Waals surface area contributed by atoms with Crippen molar-refractivity contribution in [3.8, 4) is 0 Å². The molecule has 0 aromatic heterocycles. The Morgan fingerprint density at radius 2 is 1.80 bits per heavy atom. The summed E-state index contributed by atoms with van der Waals surface area (Å²) < 4.78 is 17.9. The zero-order valence-electron chi connectivity index (χ0n) is 8.41. The summed E-state index contributed by atoms with van der Waals surface area (Å²) in [4.78, 5) is 11.6. The average molecular weight is 208 g/mol. The predicted molar refractivity (Wildman–Crippen MR) is 54.1 cm³/mol. The van der Waals surface area contributed by atoms with Crippen LogP contribution in [0.25, 0.3) is 0 Å². The van der Waals surface area contributed by atoms with Crippen LogP contribution in [0.15, 0.2) is 24.3 Å². The van der Waals surface area contributed by atoms with Crippen LogP contribution >= 0.6 is 0 Å². The van der Waals surface area contributed by atoms with Crippen LogP contribution in [0.5, 0.6) is 0 Å². The van der Waals surface area contributed by atoms with E-state index in [1.165, 1.54) is 24.3 Å². The van der Waals surface area contributed by atoms with Crippen LogP contribution in [-0.4, -0.2) is 12.1 Å². The minimum Gasteiger partial charge on any atom is -0.459 e. The zero-order valence-corrected chi connectivity index (χ0v) is 8.41. The van der Waals surface area contributed by atoms with Gasteiger partial charge in [-0.3, -0.25) is 0 Å². The Bertz CT molecular complexity index is 339. The largest absolute Gasteiger partial charge is 0.459 e. The molecule has 15 heavy (non-hydrogen) atoms. The number of benzene rings is 1. The Balaban J connectivity index is 1.98. The number of carbonyl (C=O) groups is 1. The van der Waals surface area contributed by atoms with Crippen molar-refractivity contribution in [3.63, 3.8) is 0 Å². The highest BCUT2D eigenvalue weighted by Gasteiger charge is 2.19. The lowest BCUT2D eigenvalue weighted by atomic mass is 10.2. The van der Waals surface area contributed by atoms with E-state index in [2.05, 4.69) is 0 Å². The van der Waals surface area contributed by atoms with Gasteiger partial charge in [-0.05, 0) is 49.9 Å². The lowest BCUT2D eigenvalue weighted by molar-refractivity contribution is 0.0318. The van der Waals surface area contributed by atoms with Gasteiger partial charge in [-0.25, -0.2) is 9.18 Å². The summed E-state index contributed by atoms with van der Waals surface area (Å²) in [6.45, 7) is 0. The van der Waals surface area contributed by atoms with Crippen molar-refractivity contribution in [2.45, 2.75) is 31.8 Å². The predicted octanol–water partition coefficient (Wildman–Crippen LogP) is 2.93. The summed E-state index contributed by atoms with van der Waals surface area (Å²) in [6, 6.07) is 5.44. The van der Waals surface area contributed by atoms with Gasteiger partial charge in [-0.1, -0.05) is 0 Å². The van der Waals surface area contributed by atoms with E-state index in [1.807, 2.05) is 0 Å². The normalized spacial score (nSPS) is 16.6. The van der Waals surface area contributed by atoms with E-state index >= 15 is 0 Å². The van der Waals surface area contributed by atoms with Crippen molar-refractivity contribution in [3.05, 3.63) is 35.6 Å². The van der Waals surface area contributed by atoms with E-state index in [0.717, 1.165) is 25.7 Å². The van der Waals surface area contributed by atoms with Crippen molar-refractivity contribution in [1.82, 2.24) is 0 Å². The molecule has 0 atom stereocenters. The summed E-state index contributed by atoms with van der Waals surface area (Å²) in [5.41, 5.74) is 0.420. The number of hydrogen-bond donors (Lipinski definition) is 0. The quantitative estimate of drug-likeness (QED) is 0.698. The molecule has 1 saturated carbocycles. The molecule has 0 amide bonds. The van der Waals surface area contributed by atoms with E-state index in [0.29, 0.717) is 5.56 Å². The fraction of sp³-hybridized carbons (Fsp3) is 0.417. The van der Waals surface area contributed by atoms with Gasteiger partial charge < -0.3 is 4.74 Å². The van der Waals surface area contributed by atoms with Crippen molar-refractivity contribution in [1.29, 1.82) is 0 Å². The molecule has 1 aromatic carbocycles. The molecule has 0 spiro atoms. The number of carbonyl (C=O) groups excluding carboxylic acids is 1. The van der Waals surface area contributed by atoms with Crippen LogP contribution in [-0.2, 0) is 4.74 Å². The highest BCUT2D eigenvalue weighted by Crippen LogP contribution is 2.22. The first-order valence-corrected chi connectivity index (χ1v) is 5.22. The summed E-state index contributed by atoms with van der Waals surface area (Å²) in [6.07, 6.45) is 4.21. The number of halogens is 1. The number of esters is 1. The smallest absolute Gasteiger partial charge is 0.338 e. The van der Waals surface area contributed by atoms with Crippen LogP contribution in [0, 0.1) is 5.82 Å². The lowest BCUT2D eigenvalue weighted by Gasteiger charge is -2.10. The van der Waals surface area contributed by atoms with Gasteiger partial charge in [-0.2, -0.15) is 0 Å². The molecule has 2 nitrogen and oxygen atoms in total. The van der Waals surface area contributed by atoms with Crippen LogP contribution in [0.2, 0.25) is 0 Å². The molecule has 0 saturated heterocycles. The van der Waals surface area contributed by atoms with Gasteiger partial charge in [0.15, 0.2) is 0 Å². The lowest BCUT2D eigenvalue weighted by Crippen LogP contribution is -2.14. The third-order valence-electron chi connectivity index (χ3n) is 2.66. The molecule has 0 unspecified atom stereocenters. The first kappa shape index (κ1) is 10.1. The van der Waals surface area contributed by atoms with Crippen LogP contribution in [0.3, 0.4) is 0 Å². The maximum absolute atomic E-state index is 12.6. The minimum absolute atomic E-state index is 0.0579. The van der Waals surface area contributed by atoms with Gasteiger partial charge in [0.05, 0.1) is 5.56 Å². The Hall–Kier alpha value is -1.38. The van der Waals surface area contributed by atoms with Crippen molar-refractivity contribution >= 4 is 5.97 Å². The van der Waals surface area contributed by atoms with Crippen molar-refractivity contribution in [2.24, 2.45) is 0 Å². The summed E-state index contributed by atoms with van der Waals surface area (Å²) >= 11 is 0. The molecule has 1 aliphatic carbocycles. The summed E-state index contributed by atoms with van der Waals surface area (Å²) in [5, 5.41) is 0. The maximum Gasteiger partial charge on any atom is 0.338 e. The molecule has 1 aliphatic rings. The van der Waals surface area contributed by atoms with E-state index < -0.39 is 0 Å². The van der Waals surface area contributed by atoms with Crippen LogP contribution in [0.4, 0.5) is 4.39 Å². The third kappa shape index (κ3) is 2.55. The fourth-order valence-corrected chi connectivity index (χ4v) is 1.81. The second-order valence-corrected chi connectivity index (χ2v) is 3.82. The molecule has 3 heteroatoms. The molecule has 80 valence electrons. The molecule has 0 N–H and O–H groups in total. The van der Waals surface area contributed by atoms with E-state index in [1.54, 1.807) is 0 Å². The molecule has 1 fully saturated rings. The summed E-state index contributed by atoms with van der Waals surface area (Å²) in [5.74, 6) is -0.686. The summed E-state index contributed by atoms with van der Waals surface area (Å²) in [7, 11) is 0. The first-order valence-electron chi connectivity index (χ1n) is 5.22.